The molecule has 1 N–H and O–H groups in total. The van der Waals surface area contributed by atoms with E-state index in [9.17, 15) is 9.59 Å². The Hall–Kier alpha value is -2.76. The highest BCUT2D eigenvalue weighted by Crippen LogP contribution is 2.25. The molecule has 1 fully saturated rings. The third-order valence-electron chi connectivity index (χ3n) is 5.19. The largest absolute Gasteiger partial charge is 0.375 e. The van der Waals surface area contributed by atoms with Crippen LogP contribution in [-0.2, 0) is 20.9 Å². The van der Waals surface area contributed by atoms with Crippen LogP contribution in [0.4, 0.5) is 0 Å². The number of carbonyl (C=O) groups excluding carboxylic acids is 2. The first-order chi connectivity index (χ1) is 14.0. The molecule has 0 unspecified atom stereocenters. The molecule has 0 bridgehead atoms. The number of hydrogen-bond acceptors (Lipinski definition) is 6. The van der Waals surface area contributed by atoms with E-state index in [0.717, 1.165) is 29.1 Å². The minimum atomic E-state index is -0.234. The molecule has 8 heteroatoms. The lowest BCUT2D eigenvalue weighted by Gasteiger charge is -2.38. The number of benzene rings is 1. The molecule has 0 aliphatic carbocycles. The van der Waals surface area contributed by atoms with Crippen molar-refractivity contribution in [3.05, 3.63) is 40.2 Å². The Labute approximate surface area is 174 Å². The Morgan fingerprint density at radius 3 is 2.83 bits per heavy atom. The fraction of sp³-hybridized carbons (Fsp3) is 0.429. The predicted molar refractivity (Wildman–Crippen MR) is 110 cm³/mol. The Kier molecular flexibility index (Phi) is 6.96. The summed E-state index contributed by atoms with van der Waals surface area (Å²) in [6.45, 7) is 2.97. The molecular weight excluding hydrogens is 388 g/mol. The van der Waals surface area contributed by atoms with Crippen LogP contribution in [0.5, 0.6) is 0 Å². The zero-order valence-electron chi connectivity index (χ0n) is 16.6. The van der Waals surface area contributed by atoms with Crippen molar-refractivity contribution in [1.82, 2.24) is 15.2 Å². The van der Waals surface area contributed by atoms with Crippen molar-refractivity contribution in [2.24, 2.45) is 5.92 Å². The molecule has 152 valence electrons. The van der Waals surface area contributed by atoms with Gasteiger partial charge < -0.3 is 15.0 Å². The standard InChI is InChI=1S/C21H24N4O3S/c1-14-17(4-3-9-25(14)20(26)12-28-2)21(27)23-11-19-24-18(13-29-19)16-7-5-15(10-22)6-8-16/h5-8,13-14,17H,3-4,9,11-12H2,1-2H3,(H,23,27)/t14-,17+/m1/s1. The van der Waals surface area contributed by atoms with E-state index in [0.29, 0.717) is 18.7 Å². The summed E-state index contributed by atoms with van der Waals surface area (Å²) < 4.78 is 4.94. The Morgan fingerprint density at radius 1 is 1.38 bits per heavy atom. The Balaban J connectivity index is 1.58. The number of rotatable bonds is 6. The van der Waals surface area contributed by atoms with Gasteiger partial charge in [-0.25, -0.2) is 4.98 Å². The van der Waals surface area contributed by atoms with E-state index in [2.05, 4.69) is 16.4 Å². The van der Waals surface area contributed by atoms with Crippen LogP contribution in [0.1, 0.15) is 30.3 Å². The van der Waals surface area contributed by atoms with Crippen LogP contribution in [0.25, 0.3) is 11.3 Å². The minimum absolute atomic E-state index is 0.0376. The van der Waals surface area contributed by atoms with Gasteiger partial charge in [0.05, 0.1) is 29.8 Å². The van der Waals surface area contributed by atoms with Gasteiger partial charge in [0.25, 0.3) is 0 Å². The molecule has 0 saturated carbocycles. The van der Waals surface area contributed by atoms with Crippen molar-refractivity contribution in [1.29, 1.82) is 5.26 Å². The topological polar surface area (TPSA) is 95.3 Å². The van der Waals surface area contributed by atoms with Crippen LogP contribution in [0.2, 0.25) is 0 Å². The lowest BCUT2D eigenvalue weighted by Crippen LogP contribution is -2.52. The molecule has 1 aromatic heterocycles. The maximum atomic E-state index is 12.7. The fourth-order valence-corrected chi connectivity index (χ4v) is 4.33. The molecule has 2 heterocycles. The van der Waals surface area contributed by atoms with Gasteiger partial charge in [0.2, 0.25) is 11.8 Å². The Morgan fingerprint density at radius 2 is 2.14 bits per heavy atom. The van der Waals surface area contributed by atoms with Gasteiger partial charge >= 0.3 is 0 Å². The lowest BCUT2D eigenvalue weighted by molar-refractivity contribution is -0.142. The number of nitrogens with one attached hydrogen (secondary N) is 1. The number of hydrogen-bond donors (Lipinski definition) is 1. The zero-order valence-corrected chi connectivity index (χ0v) is 17.4. The van der Waals surface area contributed by atoms with Crippen molar-refractivity contribution in [3.8, 4) is 17.3 Å². The van der Waals surface area contributed by atoms with Crippen molar-refractivity contribution < 1.29 is 14.3 Å². The molecule has 1 aliphatic rings. The quantitative estimate of drug-likeness (QED) is 0.787. The maximum absolute atomic E-state index is 12.7. The summed E-state index contributed by atoms with van der Waals surface area (Å²) in [5.41, 5.74) is 2.37. The van der Waals surface area contributed by atoms with Gasteiger partial charge in [0.1, 0.15) is 11.6 Å². The Bertz CT molecular complexity index is 903. The number of thiazole rings is 1. The summed E-state index contributed by atoms with van der Waals surface area (Å²) >= 11 is 1.48. The highest BCUT2D eigenvalue weighted by Gasteiger charge is 2.35. The van der Waals surface area contributed by atoms with Crippen molar-refractivity contribution in [2.75, 3.05) is 20.3 Å². The van der Waals surface area contributed by atoms with Crippen LogP contribution in [0, 0.1) is 17.2 Å². The summed E-state index contributed by atoms with van der Waals surface area (Å²) in [4.78, 5) is 31.2. The first-order valence-corrected chi connectivity index (χ1v) is 10.4. The monoisotopic (exact) mass is 412 g/mol. The van der Waals surface area contributed by atoms with E-state index in [1.807, 2.05) is 24.4 Å². The number of methoxy groups -OCH3 is 1. The van der Waals surface area contributed by atoms with E-state index < -0.39 is 0 Å². The number of carbonyl (C=O) groups is 2. The van der Waals surface area contributed by atoms with Crippen LogP contribution in [0.15, 0.2) is 29.6 Å². The molecule has 7 nitrogen and oxygen atoms in total. The summed E-state index contributed by atoms with van der Waals surface area (Å²) in [6.07, 6.45) is 1.57. The summed E-state index contributed by atoms with van der Waals surface area (Å²) in [5.74, 6) is -0.366. The van der Waals surface area contributed by atoms with Gasteiger partial charge in [-0.15, -0.1) is 11.3 Å². The second-order valence-electron chi connectivity index (χ2n) is 7.04. The normalized spacial score (nSPS) is 18.9. The average Bonchev–Trinajstić information content (AvgIpc) is 3.21. The van der Waals surface area contributed by atoms with E-state index in [1.165, 1.54) is 18.4 Å². The van der Waals surface area contributed by atoms with Crippen molar-refractivity contribution in [2.45, 2.75) is 32.4 Å². The van der Waals surface area contributed by atoms with Crippen LogP contribution in [0.3, 0.4) is 0 Å². The summed E-state index contributed by atoms with van der Waals surface area (Å²) in [5, 5.41) is 14.6. The van der Waals surface area contributed by atoms with Crippen LogP contribution in [-0.4, -0.2) is 48.0 Å². The number of piperidine rings is 1. The SMILES string of the molecule is COCC(=O)N1CCC[C@H](C(=O)NCc2nc(-c3ccc(C#N)cc3)cs2)[C@H]1C. The van der Waals surface area contributed by atoms with E-state index in [1.54, 1.807) is 17.0 Å². The molecule has 2 atom stereocenters. The molecule has 2 aromatic rings. The van der Waals surface area contributed by atoms with E-state index in [-0.39, 0.29) is 30.4 Å². The van der Waals surface area contributed by atoms with Crippen LogP contribution < -0.4 is 5.32 Å². The minimum Gasteiger partial charge on any atom is -0.375 e. The smallest absolute Gasteiger partial charge is 0.248 e. The number of amides is 2. The number of aromatic nitrogens is 1. The van der Waals surface area contributed by atoms with E-state index in [4.69, 9.17) is 10.00 Å². The van der Waals surface area contributed by atoms with Gasteiger partial charge in [-0.2, -0.15) is 5.26 Å². The van der Waals surface area contributed by atoms with Crippen LogP contribution >= 0.6 is 11.3 Å². The average molecular weight is 413 g/mol. The van der Waals surface area contributed by atoms with Gasteiger partial charge in [0.15, 0.2) is 0 Å². The number of likely N-dealkylation sites (tertiary alicyclic amines) is 1. The third-order valence-corrected chi connectivity index (χ3v) is 6.04. The first kappa shape index (κ1) is 21.0. The molecule has 29 heavy (non-hydrogen) atoms. The second-order valence-corrected chi connectivity index (χ2v) is 7.99. The van der Waals surface area contributed by atoms with Gasteiger partial charge in [-0.1, -0.05) is 12.1 Å². The zero-order chi connectivity index (χ0) is 20.8. The molecule has 2 amide bonds. The highest BCUT2D eigenvalue weighted by atomic mass is 32.1. The predicted octanol–water partition coefficient (Wildman–Crippen LogP) is 2.57. The fourth-order valence-electron chi connectivity index (χ4n) is 3.59. The number of nitrogens with zero attached hydrogens (tertiary/aromatic N) is 3. The summed E-state index contributed by atoms with van der Waals surface area (Å²) in [6, 6.07) is 9.20. The summed E-state index contributed by atoms with van der Waals surface area (Å²) in [7, 11) is 1.50. The maximum Gasteiger partial charge on any atom is 0.248 e. The van der Waals surface area contributed by atoms with Crippen molar-refractivity contribution in [3.63, 3.8) is 0 Å². The lowest BCUT2D eigenvalue weighted by atomic mass is 9.89. The second kappa shape index (κ2) is 9.63. The van der Waals surface area contributed by atoms with Crippen molar-refractivity contribution >= 4 is 23.2 Å². The molecular formula is C21H24N4O3S. The molecule has 0 radical (unpaired) electrons. The molecule has 1 saturated heterocycles. The number of ether oxygens (including phenoxy) is 1. The van der Waals surface area contributed by atoms with Gasteiger partial charge in [0, 0.05) is 30.6 Å². The third kappa shape index (κ3) is 5.00. The molecule has 0 spiro atoms. The molecule has 1 aliphatic heterocycles. The van der Waals surface area contributed by atoms with E-state index >= 15 is 0 Å². The van der Waals surface area contributed by atoms with Gasteiger partial charge in [-0.05, 0) is 31.9 Å². The molecule has 3 rings (SSSR count). The first-order valence-electron chi connectivity index (χ1n) is 9.54. The number of nitriles is 1. The molecule has 1 aromatic carbocycles. The highest BCUT2D eigenvalue weighted by molar-refractivity contribution is 7.09. The van der Waals surface area contributed by atoms with Gasteiger partial charge in [-0.3, -0.25) is 9.59 Å².